The van der Waals surface area contributed by atoms with Gasteiger partial charge in [0, 0.05) is 28.2 Å². The van der Waals surface area contributed by atoms with Gasteiger partial charge in [0.15, 0.2) is 0 Å². The molecule has 6 heteroatoms. The normalized spacial score (nSPS) is 10.5. The highest BCUT2D eigenvalue weighted by molar-refractivity contribution is 6.35. The van der Waals surface area contributed by atoms with Gasteiger partial charge >= 0.3 is 0 Å². The molecular weight excluding hydrogens is 305 g/mol. The minimum atomic E-state index is 0.411. The number of rotatable bonds is 4. The van der Waals surface area contributed by atoms with Gasteiger partial charge in [0.2, 0.25) is 0 Å². The summed E-state index contributed by atoms with van der Waals surface area (Å²) in [6.45, 7) is 2.06. The van der Waals surface area contributed by atoms with Crippen molar-refractivity contribution < 1.29 is 0 Å². The van der Waals surface area contributed by atoms with Gasteiger partial charge in [-0.05, 0) is 24.6 Å². The third kappa shape index (κ3) is 4.23. The van der Waals surface area contributed by atoms with Crippen LogP contribution in [0.3, 0.4) is 0 Å². The number of aromatic nitrogens is 2. The van der Waals surface area contributed by atoms with Crippen molar-refractivity contribution in [2.45, 2.75) is 19.8 Å². The molecule has 0 unspecified atom stereocenters. The molecule has 1 heterocycles. The SMILES string of the molecule is CCCc1nc(Cl)cc(Nc2cc(Cl)cc(Cl)c2)n1. The first kappa shape index (κ1) is 14.4. The van der Waals surface area contributed by atoms with Gasteiger partial charge < -0.3 is 5.32 Å². The van der Waals surface area contributed by atoms with Crippen LogP contribution in [-0.4, -0.2) is 9.97 Å². The molecule has 1 N–H and O–H groups in total. The average molecular weight is 317 g/mol. The smallest absolute Gasteiger partial charge is 0.135 e. The van der Waals surface area contributed by atoms with Gasteiger partial charge in [0.05, 0.1) is 0 Å². The first-order chi connectivity index (χ1) is 9.06. The Hall–Kier alpha value is -1.03. The summed E-state index contributed by atoms with van der Waals surface area (Å²) in [5, 5.41) is 4.65. The second-order valence-electron chi connectivity index (χ2n) is 4.03. The van der Waals surface area contributed by atoms with Crippen LogP contribution in [0.15, 0.2) is 24.3 Å². The minimum absolute atomic E-state index is 0.411. The quantitative estimate of drug-likeness (QED) is 0.794. The molecule has 0 saturated carbocycles. The molecule has 1 aromatic heterocycles. The summed E-state index contributed by atoms with van der Waals surface area (Å²) in [6.07, 6.45) is 1.74. The van der Waals surface area contributed by atoms with Crippen LogP contribution < -0.4 is 5.32 Å². The molecule has 0 bridgehead atoms. The molecule has 0 aliphatic carbocycles. The molecule has 1 aromatic carbocycles. The molecule has 19 heavy (non-hydrogen) atoms. The Bertz CT molecular complexity index is 567. The minimum Gasteiger partial charge on any atom is -0.340 e. The Morgan fingerprint density at radius 1 is 1.00 bits per heavy atom. The van der Waals surface area contributed by atoms with Gasteiger partial charge in [-0.15, -0.1) is 0 Å². The first-order valence-corrected chi connectivity index (χ1v) is 6.97. The summed E-state index contributed by atoms with van der Waals surface area (Å²) in [4.78, 5) is 8.55. The predicted octanol–water partition coefficient (Wildman–Crippen LogP) is 5.13. The summed E-state index contributed by atoms with van der Waals surface area (Å²) < 4.78 is 0. The molecule has 3 nitrogen and oxygen atoms in total. The van der Waals surface area contributed by atoms with E-state index in [1.54, 1.807) is 24.3 Å². The summed E-state index contributed by atoms with van der Waals surface area (Å²) in [5.41, 5.74) is 0.759. The number of nitrogens with one attached hydrogen (secondary N) is 1. The summed E-state index contributed by atoms with van der Waals surface area (Å²) in [5.74, 6) is 1.34. The van der Waals surface area contributed by atoms with E-state index in [0.717, 1.165) is 18.5 Å². The van der Waals surface area contributed by atoms with Gasteiger partial charge in [0.25, 0.3) is 0 Å². The van der Waals surface area contributed by atoms with Crippen molar-refractivity contribution in [2.75, 3.05) is 5.32 Å². The fourth-order valence-electron chi connectivity index (χ4n) is 1.64. The number of anilines is 2. The predicted molar refractivity (Wildman–Crippen MR) is 80.8 cm³/mol. The molecular formula is C13H12Cl3N3. The van der Waals surface area contributed by atoms with Crippen molar-refractivity contribution in [1.29, 1.82) is 0 Å². The molecule has 0 saturated heterocycles. The molecule has 100 valence electrons. The van der Waals surface area contributed by atoms with Crippen LogP contribution >= 0.6 is 34.8 Å². The number of aryl methyl sites for hydroxylation is 1. The van der Waals surface area contributed by atoms with Crippen molar-refractivity contribution in [3.63, 3.8) is 0 Å². The van der Waals surface area contributed by atoms with Gasteiger partial charge in [-0.1, -0.05) is 41.7 Å². The Labute approximate surface area is 126 Å². The van der Waals surface area contributed by atoms with Crippen LogP contribution in [0.1, 0.15) is 19.2 Å². The maximum Gasteiger partial charge on any atom is 0.135 e. The van der Waals surface area contributed by atoms with E-state index >= 15 is 0 Å². The van der Waals surface area contributed by atoms with Gasteiger partial charge in [-0.3, -0.25) is 0 Å². The lowest BCUT2D eigenvalue weighted by Gasteiger charge is -2.08. The monoisotopic (exact) mass is 315 g/mol. The highest BCUT2D eigenvalue weighted by atomic mass is 35.5. The van der Waals surface area contributed by atoms with Gasteiger partial charge in [-0.2, -0.15) is 0 Å². The lowest BCUT2D eigenvalue weighted by Crippen LogP contribution is -2.00. The number of halogens is 3. The third-order valence-electron chi connectivity index (χ3n) is 2.35. The fraction of sp³-hybridized carbons (Fsp3) is 0.231. The van der Waals surface area contributed by atoms with Crippen molar-refractivity contribution in [1.82, 2.24) is 9.97 Å². The molecule has 0 atom stereocenters. The van der Waals surface area contributed by atoms with Crippen LogP contribution in [-0.2, 0) is 6.42 Å². The van der Waals surface area contributed by atoms with E-state index < -0.39 is 0 Å². The summed E-state index contributed by atoms with van der Waals surface area (Å²) in [7, 11) is 0. The van der Waals surface area contributed by atoms with E-state index in [1.165, 1.54) is 0 Å². The summed E-state index contributed by atoms with van der Waals surface area (Å²) >= 11 is 17.9. The first-order valence-electron chi connectivity index (χ1n) is 5.83. The fourth-order valence-corrected chi connectivity index (χ4v) is 2.36. The van der Waals surface area contributed by atoms with Crippen LogP contribution in [0.5, 0.6) is 0 Å². The molecule has 0 aliphatic heterocycles. The van der Waals surface area contributed by atoms with E-state index in [0.29, 0.717) is 26.8 Å². The van der Waals surface area contributed by atoms with Crippen LogP contribution in [0.4, 0.5) is 11.5 Å². The van der Waals surface area contributed by atoms with Crippen LogP contribution in [0, 0.1) is 0 Å². The van der Waals surface area contributed by atoms with Crippen molar-refractivity contribution in [3.8, 4) is 0 Å². The molecule has 0 spiro atoms. The Kier molecular flexibility index (Phi) is 4.86. The zero-order valence-electron chi connectivity index (χ0n) is 10.3. The van der Waals surface area contributed by atoms with E-state index in [1.807, 2.05) is 0 Å². The Morgan fingerprint density at radius 2 is 1.68 bits per heavy atom. The Balaban J connectivity index is 2.27. The average Bonchev–Trinajstić information content (AvgIpc) is 2.26. The lowest BCUT2D eigenvalue weighted by molar-refractivity contribution is 0.837. The van der Waals surface area contributed by atoms with Crippen LogP contribution in [0.25, 0.3) is 0 Å². The Morgan fingerprint density at radius 3 is 2.32 bits per heavy atom. The molecule has 0 aliphatic rings. The maximum atomic E-state index is 5.97. The highest BCUT2D eigenvalue weighted by Gasteiger charge is 2.04. The number of benzene rings is 1. The highest BCUT2D eigenvalue weighted by Crippen LogP contribution is 2.25. The zero-order chi connectivity index (χ0) is 13.8. The van der Waals surface area contributed by atoms with Gasteiger partial charge in [-0.25, -0.2) is 9.97 Å². The largest absolute Gasteiger partial charge is 0.340 e. The number of hydrogen-bond acceptors (Lipinski definition) is 3. The van der Waals surface area contributed by atoms with Gasteiger partial charge in [0.1, 0.15) is 16.8 Å². The topological polar surface area (TPSA) is 37.8 Å². The molecule has 0 fully saturated rings. The zero-order valence-corrected chi connectivity index (χ0v) is 12.5. The maximum absolute atomic E-state index is 5.97. The summed E-state index contributed by atoms with van der Waals surface area (Å²) in [6, 6.07) is 6.87. The lowest BCUT2D eigenvalue weighted by atomic mass is 10.3. The molecule has 2 aromatic rings. The van der Waals surface area contributed by atoms with E-state index in [4.69, 9.17) is 34.8 Å². The van der Waals surface area contributed by atoms with E-state index in [-0.39, 0.29) is 0 Å². The number of nitrogens with zero attached hydrogens (tertiary/aromatic N) is 2. The molecule has 2 rings (SSSR count). The van der Waals surface area contributed by atoms with E-state index in [9.17, 15) is 0 Å². The third-order valence-corrected chi connectivity index (χ3v) is 2.98. The van der Waals surface area contributed by atoms with E-state index in [2.05, 4.69) is 22.2 Å². The second kappa shape index (κ2) is 6.42. The number of hydrogen-bond donors (Lipinski definition) is 1. The van der Waals surface area contributed by atoms with Crippen molar-refractivity contribution in [3.05, 3.63) is 45.3 Å². The van der Waals surface area contributed by atoms with Crippen molar-refractivity contribution in [2.24, 2.45) is 0 Å². The van der Waals surface area contributed by atoms with Crippen LogP contribution in [0.2, 0.25) is 15.2 Å². The molecule has 0 amide bonds. The molecule has 0 radical (unpaired) electrons. The van der Waals surface area contributed by atoms with Crippen molar-refractivity contribution >= 4 is 46.3 Å². The second-order valence-corrected chi connectivity index (χ2v) is 5.29. The standard InChI is InChI=1S/C13H12Cl3N3/c1-2-3-12-18-11(16)7-13(19-12)17-10-5-8(14)4-9(15)6-10/h4-7H,2-3H2,1H3,(H,17,18,19).